The van der Waals surface area contributed by atoms with Crippen LogP contribution in [0.25, 0.3) is 0 Å². The van der Waals surface area contributed by atoms with Gasteiger partial charge in [-0.1, -0.05) is 13.8 Å². The van der Waals surface area contributed by atoms with Gasteiger partial charge in [0.2, 0.25) is 0 Å². The van der Waals surface area contributed by atoms with E-state index in [0.29, 0.717) is 5.92 Å². The number of hydrogen-bond donors (Lipinski definition) is 2. The molecule has 0 saturated heterocycles. The second kappa shape index (κ2) is 5.62. The number of H-pyrrole nitrogens is 1. The van der Waals surface area contributed by atoms with Gasteiger partial charge in [0.15, 0.2) is 5.82 Å². The largest absolute Gasteiger partial charge is 0.385 e. The quantitative estimate of drug-likeness (QED) is 0.855. The summed E-state index contributed by atoms with van der Waals surface area (Å²) in [6, 6.07) is 6.31. The normalized spacial score (nSPS) is 10.9. The van der Waals surface area contributed by atoms with Gasteiger partial charge in [-0.2, -0.15) is 5.10 Å². The van der Waals surface area contributed by atoms with E-state index in [1.54, 1.807) is 12.1 Å². The van der Waals surface area contributed by atoms with Crippen LogP contribution in [0.2, 0.25) is 0 Å². The summed E-state index contributed by atoms with van der Waals surface area (Å²) in [5.74, 6) is 1.82. The highest BCUT2D eigenvalue weighted by Gasteiger charge is 2.06. The molecule has 1 heterocycles. The summed E-state index contributed by atoms with van der Waals surface area (Å²) in [5, 5.41) is 10.3. The Balaban J connectivity index is 1.82. The number of aromatic amines is 1. The van der Waals surface area contributed by atoms with E-state index >= 15 is 0 Å². The third-order valence-corrected chi connectivity index (χ3v) is 2.60. The molecule has 5 heteroatoms. The lowest BCUT2D eigenvalue weighted by molar-refractivity contribution is 0.628. The average Bonchev–Trinajstić information content (AvgIpc) is 2.81. The maximum atomic E-state index is 12.7. The molecule has 0 unspecified atom stereocenters. The molecule has 0 aliphatic heterocycles. The maximum Gasteiger partial charge on any atom is 0.153 e. The molecule has 0 amide bonds. The zero-order chi connectivity index (χ0) is 13.0. The molecule has 0 aliphatic rings. The fourth-order valence-corrected chi connectivity index (χ4v) is 1.57. The van der Waals surface area contributed by atoms with E-state index in [2.05, 4.69) is 34.3 Å². The van der Waals surface area contributed by atoms with Crippen LogP contribution in [0.15, 0.2) is 24.3 Å². The standard InChI is InChI=1S/C13H17FN4/c1-9(2)13-16-12(17-18-13)7-8-15-11-5-3-10(14)4-6-11/h3-6,9,15H,7-8H2,1-2H3,(H,16,17,18). The van der Waals surface area contributed by atoms with Crippen molar-refractivity contribution in [3.05, 3.63) is 41.7 Å². The molecule has 4 nitrogen and oxygen atoms in total. The van der Waals surface area contributed by atoms with Crippen molar-refractivity contribution in [2.45, 2.75) is 26.2 Å². The molecule has 0 atom stereocenters. The van der Waals surface area contributed by atoms with Crippen LogP contribution in [0.5, 0.6) is 0 Å². The van der Waals surface area contributed by atoms with Crippen molar-refractivity contribution < 1.29 is 4.39 Å². The molecule has 0 radical (unpaired) electrons. The second-order valence-corrected chi connectivity index (χ2v) is 4.48. The monoisotopic (exact) mass is 248 g/mol. The molecule has 18 heavy (non-hydrogen) atoms. The summed E-state index contributed by atoms with van der Waals surface area (Å²) >= 11 is 0. The Morgan fingerprint density at radius 3 is 2.61 bits per heavy atom. The first-order chi connectivity index (χ1) is 8.65. The zero-order valence-corrected chi connectivity index (χ0v) is 10.6. The Morgan fingerprint density at radius 2 is 2.00 bits per heavy atom. The topological polar surface area (TPSA) is 53.6 Å². The van der Waals surface area contributed by atoms with Crippen molar-refractivity contribution in [2.75, 3.05) is 11.9 Å². The van der Waals surface area contributed by atoms with Gasteiger partial charge in [0.05, 0.1) is 0 Å². The summed E-state index contributed by atoms with van der Waals surface area (Å²) in [6.07, 6.45) is 0.761. The summed E-state index contributed by atoms with van der Waals surface area (Å²) in [6.45, 7) is 4.85. The second-order valence-electron chi connectivity index (χ2n) is 4.48. The Labute approximate surface area is 106 Å². The molecule has 0 spiro atoms. The van der Waals surface area contributed by atoms with Crippen molar-refractivity contribution >= 4 is 5.69 Å². The minimum Gasteiger partial charge on any atom is -0.385 e. The van der Waals surface area contributed by atoms with Gasteiger partial charge in [0.1, 0.15) is 11.6 Å². The number of rotatable bonds is 5. The Kier molecular flexibility index (Phi) is 3.92. The third-order valence-electron chi connectivity index (χ3n) is 2.60. The molecule has 0 bridgehead atoms. The van der Waals surface area contributed by atoms with E-state index in [1.165, 1.54) is 12.1 Å². The van der Waals surface area contributed by atoms with Gasteiger partial charge in [-0.25, -0.2) is 9.37 Å². The van der Waals surface area contributed by atoms with Gasteiger partial charge in [0, 0.05) is 24.6 Å². The van der Waals surface area contributed by atoms with Crippen LogP contribution in [0.4, 0.5) is 10.1 Å². The van der Waals surface area contributed by atoms with E-state index in [-0.39, 0.29) is 5.82 Å². The lowest BCUT2D eigenvalue weighted by atomic mass is 10.2. The first kappa shape index (κ1) is 12.5. The van der Waals surface area contributed by atoms with E-state index < -0.39 is 0 Å². The number of aromatic nitrogens is 3. The Hall–Kier alpha value is -1.91. The van der Waals surface area contributed by atoms with Crippen LogP contribution >= 0.6 is 0 Å². The Morgan fingerprint density at radius 1 is 1.28 bits per heavy atom. The van der Waals surface area contributed by atoms with Crippen molar-refractivity contribution in [3.63, 3.8) is 0 Å². The molecule has 2 aromatic rings. The summed E-state index contributed by atoms with van der Waals surface area (Å²) in [7, 11) is 0. The number of nitrogens with one attached hydrogen (secondary N) is 2. The molecule has 0 saturated carbocycles. The number of hydrogen-bond acceptors (Lipinski definition) is 3. The van der Waals surface area contributed by atoms with E-state index in [0.717, 1.165) is 30.3 Å². The van der Waals surface area contributed by atoms with Crippen LogP contribution in [0.3, 0.4) is 0 Å². The highest BCUT2D eigenvalue weighted by molar-refractivity contribution is 5.42. The lowest BCUT2D eigenvalue weighted by Gasteiger charge is -2.04. The smallest absolute Gasteiger partial charge is 0.153 e. The zero-order valence-electron chi connectivity index (χ0n) is 10.6. The number of halogens is 1. The third kappa shape index (κ3) is 3.29. The Bertz CT molecular complexity index is 490. The van der Waals surface area contributed by atoms with Gasteiger partial charge in [0.25, 0.3) is 0 Å². The SMILES string of the molecule is CC(C)c1n[nH]c(CCNc2ccc(F)cc2)n1. The van der Waals surface area contributed by atoms with Gasteiger partial charge in [-0.15, -0.1) is 0 Å². The average molecular weight is 248 g/mol. The molecule has 1 aromatic heterocycles. The maximum absolute atomic E-state index is 12.7. The van der Waals surface area contributed by atoms with Gasteiger partial charge in [-0.05, 0) is 24.3 Å². The number of benzene rings is 1. The number of nitrogens with zero attached hydrogens (tertiary/aromatic N) is 2. The predicted octanol–water partition coefficient (Wildman–Crippen LogP) is 2.72. The van der Waals surface area contributed by atoms with Crippen LogP contribution in [-0.2, 0) is 6.42 Å². The van der Waals surface area contributed by atoms with Crippen LogP contribution < -0.4 is 5.32 Å². The first-order valence-corrected chi connectivity index (χ1v) is 6.06. The van der Waals surface area contributed by atoms with E-state index in [1.807, 2.05) is 0 Å². The molecule has 1 aromatic carbocycles. The van der Waals surface area contributed by atoms with Crippen molar-refractivity contribution in [1.82, 2.24) is 15.2 Å². The number of anilines is 1. The van der Waals surface area contributed by atoms with Crippen LogP contribution in [-0.4, -0.2) is 21.7 Å². The molecule has 2 rings (SSSR count). The predicted molar refractivity (Wildman–Crippen MR) is 69.1 cm³/mol. The summed E-state index contributed by atoms with van der Waals surface area (Å²) in [4.78, 5) is 4.39. The van der Waals surface area contributed by atoms with Crippen molar-refractivity contribution in [3.8, 4) is 0 Å². The molecule has 0 aliphatic carbocycles. The molecular formula is C13H17FN4. The van der Waals surface area contributed by atoms with E-state index in [4.69, 9.17) is 0 Å². The summed E-state index contributed by atoms with van der Waals surface area (Å²) in [5.41, 5.74) is 0.903. The highest BCUT2D eigenvalue weighted by Crippen LogP contribution is 2.09. The highest BCUT2D eigenvalue weighted by atomic mass is 19.1. The fraction of sp³-hybridized carbons (Fsp3) is 0.385. The minimum atomic E-state index is -0.225. The molecule has 96 valence electrons. The fourth-order valence-electron chi connectivity index (χ4n) is 1.57. The lowest BCUT2D eigenvalue weighted by Crippen LogP contribution is -2.06. The van der Waals surface area contributed by atoms with Gasteiger partial charge in [-0.3, -0.25) is 5.10 Å². The van der Waals surface area contributed by atoms with Gasteiger partial charge >= 0.3 is 0 Å². The van der Waals surface area contributed by atoms with Crippen molar-refractivity contribution in [1.29, 1.82) is 0 Å². The molecular weight excluding hydrogens is 231 g/mol. The van der Waals surface area contributed by atoms with Crippen molar-refractivity contribution in [2.24, 2.45) is 0 Å². The van der Waals surface area contributed by atoms with Crippen LogP contribution in [0.1, 0.15) is 31.4 Å². The first-order valence-electron chi connectivity index (χ1n) is 6.06. The molecule has 2 N–H and O–H groups in total. The van der Waals surface area contributed by atoms with E-state index in [9.17, 15) is 4.39 Å². The minimum absolute atomic E-state index is 0.225. The van der Waals surface area contributed by atoms with Gasteiger partial charge < -0.3 is 5.32 Å². The van der Waals surface area contributed by atoms with Crippen LogP contribution in [0, 0.1) is 5.82 Å². The summed E-state index contributed by atoms with van der Waals surface area (Å²) < 4.78 is 12.7. The molecule has 0 fully saturated rings.